The van der Waals surface area contributed by atoms with Crippen LogP contribution in [0.15, 0.2) is 0 Å². The summed E-state index contributed by atoms with van der Waals surface area (Å²) in [5.74, 6) is 0.0829. The molecule has 0 N–H and O–H groups in total. The van der Waals surface area contributed by atoms with E-state index in [0.29, 0.717) is 13.0 Å². The molecule has 3 nitrogen and oxygen atoms in total. The van der Waals surface area contributed by atoms with E-state index in [2.05, 4.69) is 0 Å². The lowest BCUT2D eigenvalue weighted by atomic mass is 10.1. The summed E-state index contributed by atoms with van der Waals surface area (Å²) < 4.78 is 5.04. The van der Waals surface area contributed by atoms with Crippen molar-refractivity contribution >= 4 is 11.6 Å². The van der Waals surface area contributed by atoms with Crippen molar-refractivity contribution in [2.24, 2.45) is 0 Å². The van der Waals surface area contributed by atoms with Gasteiger partial charge in [-0.1, -0.05) is 0 Å². The number of hydrogen-bond acceptors (Lipinski definition) is 3. The van der Waals surface area contributed by atoms with Gasteiger partial charge in [0.15, 0.2) is 5.78 Å². The van der Waals surface area contributed by atoms with Crippen molar-refractivity contribution < 1.29 is 14.3 Å². The minimum atomic E-state index is -0.457. The molecule has 1 saturated heterocycles. The van der Waals surface area contributed by atoms with E-state index in [4.69, 9.17) is 4.74 Å². The van der Waals surface area contributed by atoms with Gasteiger partial charge in [0.05, 0.1) is 6.61 Å². The maximum atomic E-state index is 10.7. The third-order valence-electron chi connectivity index (χ3n) is 1.57. The fourth-order valence-corrected chi connectivity index (χ4v) is 0.944. The van der Waals surface area contributed by atoms with Crippen molar-refractivity contribution in [2.45, 2.75) is 25.9 Å². The average molecular weight is 142 g/mol. The van der Waals surface area contributed by atoms with E-state index < -0.39 is 6.10 Å². The first-order chi connectivity index (χ1) is 4.70. The molecule has 0 bridgehead atoms. The molecule has 0 saturated carbocycles. The molecule has 56 valence electrons. The molecule has 1 fully saturated rings. The Labute approximate surface area is 59.4 Å². The van der Waals surface area contributed by atoms with Crippen molar-refractivity contribution in [2.75, 3.05) is 6.61 Å². The van der Waals surface area contributed by atoms with E-state index >= 15 is 0 Å². The zero-order chi connectivity index (χ0) is 7.56. The Morgan fingerprint density at radius 2 is 2.40 bits per heavy atom. The Morgan fingerprint density at radius 3 is 2.80 bits per heavy atom. The van der Waals surface area contributed by atoms with Gasteiger partial charge in [0.25, 0.3) is 0 Å². The van der Waals surface area contributed by atoms with Crippen molar-refractivity contribution in [3.63, 3.8) is 0 Å². The summed E-state index contributed by atoms with van der Waals surface area (Å²) in [5.41, 5.74) is 0. The predicted molar refractivity (Wildman–Crippen MR) is 34.7 cm³/mol. The number of carbonyl (C=O) groups excluding carboxylic acids is 2. The van der Waals surface area contributed by atoms with Crippen LogP contribution in [-0.4, -0.2) is 24.3 Å². The van der Waals surface area contributed by atoms with Crippen LogP contribution in [0.1, 0.15) is 19.8 Å². The van der Waals surface area contributed by atoms with E-state index in [0.717, 1.165) is 0 Å². The number of hydrogen-bond donors (Lipinski definition) is 0. The largest absolute Gasteiger partial charge is 0.370 e. The van der Waals surface area contributed by atoms with Gasteiger partial charge in [-0.05, 0) is 6.92 Å². The van der Waals surface area contributed by atoms with E-state index in [1.165, 1.54) is 6.92 Å². The smallest absolute Gasteiger partial charge is 0.158 e. The van der Waals surface area contributed by atoms with E-state index in [1.807, 2.05) is 0 Å². The lowest BCUT2D eigenvalue weighted by Gasteiger charge is -2.18. The molecule has 1 rings (SSSR count). The first-order valence-corrected chi connectivity index (χ1v) is 3.34. The van der Waals surface area contributed by atoms with Crippen LogP contribution in [-0.2, 0) is 14.3 Å². The van der Waals surface area contributed by atoms with Gasteiger partial charge >= 0.3 is 0 Å². The Hall–Kier alpha value is -0.700. The molecule has 1 atom stereocenters. The van der Waals surface area contributed by atoms with Crippen molar-refractivity contribution in [1.29, 1.82) is 0 Å². The topological polar surface area (TPSA) is 43.4 Å². The molecule has 1 heterocycles. The van der Waals surface area contributed by atoms with Crippen LogP contribution in [0, 0.1) is 0 Å². The van der Waals surface area contributed by atoms with Crippen molar-refractivity contribution in [3.8, 4) is 0 Å². The molecule has 10 heavy (non-hydrogen) atoms. The van der Waals surface area contributed by atoms with Gasteiger partial charge in [0.1, 0.15) is 11.9 Å². The molecular formula is C7H10O3. The van der Waals surface area contributed by atoms with E-state index in [1.54, 1.807) is 0 Å². The average Bonchev–Trinajstić information content (AvgIpc) is 1.88. The number of ketones is 2. The molecule has 0 spiro atoms. The van der Waals surface area contributed by atoms with Crippen molar-refractivity contribution in [1.82, 2.24) is 0 Å². The van der Waals surface area contributed by atoms with Crippen LogP contribution in [0.2, 0.25) is 0 Å². The molecule has 0 amide bonds. The highest BCUT2D eigenvalue weighted by Gasteiger charge is 2.23. The molecule has 1 aliphatic rings. The van der Waals surface area contributed by atoms with Gasteiger partial charge in [-0.2, -0.15) is 0 Å². The summed E-state index contributed by atoms with van der Waals surface area (Å²) >= 11 is 0. The molecule has 0 aliphatic carbocycles. The highest BCUT2D eigenvalue weighted by atomic mass is 16.5. The second-order valence-electron chi connectivity index (χ2n) is 2.46. The van der Waals surface area contributed by atoms with Gasteiger partial charge in [-0.3, -0.25) is 9.59 Å². The molecule has 3 heteroatoms. The summed E-state index contributed by atoms with van der Waals surface area (Å²) in [6.07, 6.45) is 0.278. The fraction of sp³-hybridized carbons (Fsp3) is 0.714. The van der Waals surface area contributed by atoms with E-state index in [9.17, 15) is 9.59 Å². The zero-order valence-corrected chi connectivity index (χ0v) is 5.92. The lowest BCUT2D eigenvalue weighted by Crippen LogP contribution is -2.30. The number of rotatable bonds is 1. The molecule has 0 radical (unpaired) electrons. The Balaban J connectivity index is 2.47. The summed E-state index contributed by atoms with van der Waals surface area (Å²) in [6.45, 7) is 1.85. The minimum Gasteiger partial charge on any atom is -0.370 e. The Kier molecular flexibility index (Phi) is 2.17. The highest BCUT2D eigenvalue weighted by Crippen LogP contribution is 2.09. The zero-order valence-electron chi connectivity index (χ0n) is 5.92. The van der Waals surface area contributed by atoms with Crippen LogP contribution in [0.5, 0.6) is 0 Å². The van der Waals surface area contributed by atoms with Gasteiger partial charge in [0.2, 0.25) is 0 Å². The summed E-state index contributed by atoms with van der Waals surface area (Å²) in [5, 5.41) is 0. The summed E-state index contributed by atoms with van der Waals surface area (Å²) in [6, 6.07) is 0. The van der Waals surface area contributed by atoms with E-state index in [-0.39, 0.29) is 18.0 Å². The normalized spacial score (nSPS) is 26.5. The quantitative estimate of drug-likeness (QED) is 0.529. The molecule has 1 unspecified atom stereocenters. The maximum Gasteiger partial charge on any atom is 0.158 e. The number of carbonyl (C=O) groups is 2. The van der Waals surface area contributed by atoms with Gasteiger partial charge < -0.3 is 4.74 Å². The third kappa shape index (κ3) is 1.64. The van der Waals surface area contributed by atoms with Crippen LogP contribution >= 0.6 is 0 Å². The Bertz CT molecular complexity index is 160. The molecule has 1 aliphatic heterocycles. The number of Topliss-reactive ketones (excluding diaryl/α,β-unsaturated/α-hetero) is 2. The maximum absolute atomic E-state index is 10.7. The minimum absolute atomic E-state index is 0.0481. The lowest BCUT2D eigenvalue weighted by molar-refractivity contribution is -0.140. The van der Waals surface area contributed by atoms with Crippen molar-refractivity contribution in [3.05, 3.63) is 0 Å². The predicted octanol–water partition coefficient (Wildman–Crippen LogP) is 0.324. The standard InChI is InChI=1S/C7H10O3/c1-5(8)7-4-6(9)2-3-10-7/h7H,2-4H2,1H3. The monoisotopic (exact) mass is 142 g/mol. The Morgan fingerprint density at radius 1 is 1.70 bits per heavy atom. The van der Waals surface area contributed by atoms with Gasteiger partial charge in [0, 0.05) is 12.8 Å². The first kappa shape index (κ1) is 7.41. The third-order valence-corrected chi connectivity index (χ3v) is 1.57. The molecule has 0 aromatic rings. The van der Waals surface area contributed by atoms with Crippen LogP contribution in [0.3, 0.4) is 0 Å². The first-order valence-electron chi connectivity index (χ1n) is 3.34. The fourth-order valence-electron chi connectivity index (χ4n) is 0.944. The molecule has 0 aromatic heterocycles. The van der Waals surface area contributed by atoms with Gasteiger partial charge in [-0.15, -0.1) is 0 Å². The second-order valence-corrected chi connectivity index (χ2v) is 2.46. The molecular weight excluding hydrogens is 132 g/mol. The SMILES string of the molecule is CC(=O)C1CC(=O)CCO1. The molecule has 0 aromatic carbocycles. The van der Waals surface area contributed by atoms with Crippen LogP contribution < -0.4 is 0 Å². The van der Waals surface area contributed by atoms with Crippen LogP contribution in [0.4, 0.5) is 0 Å². The number of ether oxygens (including phenoxy) is 1. The second kappa shape index (κ2) is 2.92. The summed E-state index contributed by atoms with van der Waals surface area (Å²) in [4.78, 5) is 21.4. The summed E-state index contributed by atoms with van der Waals surface area (Å²) in [7, 11) is 0. The van der Waals surface area contributed by atoms with Gasteiger partial charge in [-0.25, -0.2) is 0 Å². The highest BCUT2D eigenvalue weighted by molar-refractivity contribution is 5.89. The van der Waals surface area contributed by atoms with Crippen LogP contribution in [0.25, 0.3) is 0 Å².